The van der Waals surface area contributed by atoms with Crippen molar-refractivity contribution in [2.45, 2.75) is 19.3 Å². The van der Waals surface area contributed by atoms with Gasteiger partial charge in [0.1, 0.15) is 11.8 Å². The van der Waals surface area contributed by atoms with E-state index in [1.54, 1.807) is 0 Å². The molecule has 0 aromatic carbocycles. The number of carbonyl (C=O) groups is 1. The Balaban J connectivity index is 1.65. The lowest BCUT2D eigenvalue weighted by Crippen LogP contribution is -2.35. The maximum atomic E-state index is 11.3. The lowest BCUT2D eigenvalue weighted by molar-refractivity contribution is 0.0976. The first-order chi connectivity index (χ1) is 11.8. The minimum Gasteiger partial charge on any atom is -0.445 e. The molecule has 0 saturated carbocycles. The summed E-state index contributed by atoms with van der Waals surface area (Å²) < 4.78 is 30.3. The van der Waals surface area contributed by atoms with Gasteiger partial charge in [-0.2, -0.15) is 0 Å². The van der Waals surface area contributed by atoms with Crippen LogP contribution in [-0.4, -0.2) is 50.2 Å². The highest BCUT2D eigenvalue weighted by Gasteiger charge is 2.24. The van der Waals surface area contributed by atoms with E-state index in [0.29, 0.717) is 29.4 Å². The van der Waals surface area contributed by atoms with E-state index >= 15 is 0 Å². The number of furan rings is 1. The van der Waals surface area contributed by atoms with Crippen molar-refractivity contribution in [3.05, 3.63) is 18.2 Å². The quantitative estimate of drug-likeness (QED) is 0.759. The molecule has 3 N–H and O–H groups in total. The molecule has 2 aromatic rings. The molecule has 0 atom stereocenters. The molecule has 0 unspecified atom stereocenters. The summed E-state index contributed by atoms with van der Waals surface area (Å²) >= 11 is 0. The minimum absolute atomic E-state index is 0.0680. The van der Waals surface area contributed by atoms with Crippen LogP contribution in [0.25, 0.3) is 11.1 Å². The Morgan fingerprint density at radius 1 is 1.40 bits per heavy atom. The van der Waals surface area contributed by atoms with E-state index in [9.17, 15) is 13.2 Å². The zero-order valence-electron chi connectivity index (χ0n) is 13.9. The highest BCUT2D eigenvalue weighted by atomic mass is 32.2. The van der Waals surface area contributed by atoms with Crippen LogP contribution in [0.3, 0.4) is 0 Å². The van der Waals surface area contributed by atoms with Crippen LogP contribution < -0.4 is 15.4 Å². The van der Waals surface area contributed by atoms with Gasteiger partial charge in [-0.15, -0.1) is 0 Å². The van der Waals surface area contributed by atoms with Gasteiger partial charge < -0.3 is 15.1 Å². The second-order valence-corrected chi connectivity index (χ2v) is 8.11. The highest BCUT2D eigenvalue weighted by Crippen LogP contribution is 2.30. The predicted octanol–water partition coefficient (Wildman–Crippen LogP) is 0.477. The van der Waals surface area contributed by atoms with Crippen LogP contribution in [0.1, 0.15) is 29.8 Å². The van der Waals surface area contributed by atoms with Crippen LogP contribution in [0.4, 0.5) is 5.82 Å². The van der Waals surface area contributed by atoms with Gasteiger partial charge in [-0.05, 0) is 25.2 Å². The lowest BCUT2D eigenvalue weighted by Gasteiger charge is -2.32. The molecule has 1 aliphatic heterocycles. The number of nitrogens with zero attached hydrogens (tertiary/aromatic N) is 3. The largest absolute Gasteiger partial charge is 0.445 e. The summed E-state index contributed by atoms with van der Waals surface area (Å²) in [5, 5.41) is 0. The van der Waals surface area contributed by atoms with Gasteiger partial charge in [-0.25, -0.2) is 23.1 Å². The van der Waals surface area contributed by atoms with E-state index < -0.39 is 15.9 Å². The van der Waals surface area contributed by atoms with Crippen molar-refractivity contribution >= 4 is 32.8 Å². The summed E-state index contributed by atoms with van der Waals surface area (Å²) in [5.41, 5.74) is 6.28. The molecular weight excluding hydrogens is 346 g/mol. The Bertz CT molecular complexity index is 871. The molecule has 10 heteroatoms. The van der Waals surface area contributed by atoms with E-state index in [-0.39, 0.29) is 5.76 Å². The number of piperidine rings is 1. The standard InChI is InChI=1S/C15H21N5O4S/c1-25(22,23)19-5-2-10-3-6-20(7-4-10)15-13-11(17-9-18-15)8-12(24-13)14(16)21/h8-10,19H,2-7H2,1H3,(H2,16,21). The Morgan fingerprint density at radius 3 is 2.76 bits per heavy atom. The summed E-state index contributed by atoms with van der Waals surface area (Å²) in [5.74, 6) is 0.547. The fourth-order valence-corrected chi connectivity index (χ4v) is 3.56. The third-order valence-electron chi connectivity index (χ3n) is 4.37. The minimum atomic E-state index is -3.14. The first-order valence-electron chi connectivity index (χ1n) is 8.07. The van der Waals surface area contributed by atoms with Crippen LogP contribution in [0.2, 0.25) is 0 Å². The van der Waals surface area contributed by atoms with Crippen LogP contribution in [-0.2, 0) is 10.0 Å². The number of hydrogen-bond donors (Lipinski definition) is 2. The van der Waals surface area contributed by atoms with Gasteiger partial charge in [0.05, 0.1) is 6.26 Å². The number of hydrogen-bond acceptors (Lipinski definition) is 7. The van der Waals surface area contributed by atoms with Crippen LogP contribution in [0, 0.1) is 5.92 Å². The second kappa shape index (κ2) is 6.96. The molecule has 0 spiro atoms. The molecule has 0 bridgehead atoms. The molecule has 136 valence electrons. The van der Waals surface area contributed by atoms with Crippen molar-refractivity contribution in [3.8, 4) is 0 Å². The number of sulfonamides is 1. The molecule has 2 aromatic heterocycles. The van der Waals surface area contributed by atoms with Crippen molar-refractivity contribution in [2.24, 2.45) is 11.7 Å². The normalized spacial score (nSPS) is 16.4. The van der Waals surface area contributed by atoms with Gasteiger partial charge in [-0.3, -0.25) is 4.79 Å². The lowest BCUT2D eigenvalue weighted by atomic mass is 9.93. The molecular formula is C15H21N5O4S. The van der Waals surface area contributed by atoms with Gasteiger partial charge in [0.2, 0.25) is 10.0 Å². The van der Waals surface area contributed by atoms with Crippen molar-refractivity contribution < 1.29 is 17.6 Å². The van der Waals surface area contributed by atoms with Crippen molar-refractivity contribution in [1.29, 1.82) is 0 Å². The predicted molar refractivity (Wildman–Crippen MR) is 92.7 cm³/mol. The summed E-state index contributed by atoms with van der Waals surface area (Å²) in [4.78, 5) is 21.8. The third-order valence-corrected chi connectivity index (χ3v) is 5.09. The van der Waals surface area contributed by atoms with E-state index in [1.165, 1.54) is 18.6 Å². The highest BCUT2D eigenvalue weighted by molar-refractivity contribution is 7.88. The first kappa shape index (κ1) is 17.6. The van der Waals surface area contributed by atoms with Gasteiger partial charge in [-0.1, -0.05) is 0 Å². The molecule has 0 aliphatic carbocycles. The summed E-state index contributed by atoms with van der Waals surface area (Å²) in [7, 11) is -3.14. The van der Waals surface area contributed by atoms with Gasteiger partial charge in [0, 0.05) is 25.7 Å². The summed E-state index contributed by atoms with van der Waals surface area (Å²) in [6, 6.07) is 1.52. The number of amides is 1. The van der Waals surface area contributed by atoms with Gasteiger partial charge >= 0.3 is 0 Å². The van der Waals surface area contributed by atoms with Crippen LogP contribution in [0.15, 0.2) is 16.8 Å². The molecule has 0 radical (unpaired) electrons. The van der Waals surface area contributed by atoms with E-state index in [4.69, 9.17) is 10.2 Å². The summed E-state index contributed by atoms with van der Waals surface area (Å²) in [6.07, 6.45) is 5.28. The molecule has 1 aliphatic rings. The number of primary amides is 1. The topological polar surface area (TPSA) is 131 Å². The molecule has 3 heterocycles. The Kier molecular flexibility index (Phi) is 4.91. The van der Waals surface area contributed by atoms with Crippen LogP contribution >= 0.6 is 0 Å². The number of nitrogens with two attached hydrogens (primary N) is 1. The maximum Gasteiger partial charge on any atom is 0.284 e. The number of rotatable bonds is 6. The maximum absolute atomic E-state index is 11.3. The zero-order valence-corrected chi connectivity index (χ0v) is 14.8. The molecule has 1 amide bonds. The fraction of sp³-hybridized carbons (Fsp3) is 0.533. The van der Waals surface area contributed by atoms with Gasteiger partial charge in [0.25, 0.3) is 5.91 Å². The average molecular weight is 367 g/mol. The molecule has 1 fully saturated rings. The van der Waals surface area contributed by atoms with E-state index in [2.05, 4.69) is 19.6 Å². The molecule has 9 nitrogen and oxygen atoms in total. The number of fused-ring (bicyclic) bond motifs is 1. The summed E-state index contributed by atoms with van der Waals surface area (Å²) in [6.45, 7) is 2.02. The smallest absolute Gasteiger partial charge is 0.284 e. The Morgan fingerprint density at radius 2 is 2.12 bits per heavy atom. The SMILES string of the molecule is CS(=O)(=O)NCCC1CCN(c2ncnc3cc(C(N)=O)oc23)CC1. The molecule has 25 heavy (non-hydrogen) atoms. The van der Waals surface area contributed by atoms with Crippen LogP contribution in [0.5, 0.6) is 0 Å². The monoisotopic (exact) mass is 367 g/mol. The Labute approximate surface area is 145 Å². The van der Waals surface area contributed by atoms with Crippen molar-refractivity contribution in [2.75, 3.05) is 30.8 Å². The first-order valence-corrected chi connectivity index (χ1v) is 9.96. The van der Waals surface area contributed by atoms with E-state index in [0.717, 1.165) is 32.4 Å². The van der Waals surface area contributed by atoms with Crippen molar-refractivity contribution in [1.82, 2.24) is 14.7 Å². The second-order valence-electron chi connectivity index (χ2n) is 6.27. The number of carbonyl (C=O) groups excluding carboxylic acids is 1. The fourth-order valence-electron chi connectivity index (χ4n) is 3.07. The van der Waals surface area contributed by atoms with Gasteiger partial charge in [0.15, 0.2) is 17.2 Å². The molecule has 3 rings (SSSR count). The Hall–Kier alpha value is -2.20. The number of aromatic nitrogens is 2. The average Bonchev–Trinajstić information content (AvgIpc) is 2.99. The molecule has 1 saturated heterocycles. The number of anilines is 1. The zero-order chi connectivity index (χ0) is 18.0. The number of nitrogens with one attached hydrogen (secondary N) is 1. The third kappa shape index (κ3) is 4.26. The van der Waals surface area contributed by atoms with E-state index in [1.807, 2.05) is 0 Å². The van der Waals surface area contributed by atoms with Crippen molar-refractivity contribution in [3.63, 3.8) is 0 Å².